The molecular formula is C36H24O12. The number of hydrogen-bond donors (Lipinski definition) is 4. The Morgan fingerprint density at radius 3 is 1.58 bits per heavy atom. The zero-order valence-electron chi connectivity index (χ0n) is 25.1. The first-order valence-corrected chi connectivity index (χ1v) is 14.1. The van der Waals surface area contributed by atoms with E-state index >= 15 is 0 Å². The standard InChI is InChI=1S/C36H24O12/c1-45-33(41)26(18-8-12-21(37)13-9-18)31-29(39)25(35(43)47-31)20-7-6-17-4-3-5-23(24(17)16-20)28-30(40)32(48-36(28)44)27(34(42)46-2)19-10-14-22(38)15-11-19/h3-16,37-40H,1-2H3/b31-26+,32-27+. The molecule has 0 spiro atoms. The highest BCUT2D eigenvalue weighted by molar-refractivity contribution is 6.28. The molecule has 4 aromatic rings. The number of ether oxygens (including phenoxy) is 4. The van der Waals surface area contributed by atoms with Gasteiger partial charge in [0.2, 0.25) is 0 Å². The number of phenols is 2. The van der Waals surface area contributed by atoms with Gasteiger partial charge in [0.05, 0.1) is 14.2 Å². The predicted octanol–water partition coefficient (Wildman–Crippen LogP) is 5.07. The SMILES string of the molecule is COC(=O)/C(=C1/OC(=O)C(c2ccc3cccc(C4=C(O)/C(=C(\C(=O)OC)c5ccc(O)cc5)OC4=O)c3c2)=C1O)c1ccc(O)cc1. The van der Waals surface area contributed by atoms with Crippen LogP contribution in [0.2, 0.25) is 0 Å². The summed E-state index contributed by atoms with van der Waals surface area (Å²) in [7, 11) is 2.23. The Morgan fingerprint density at radius 2 is 1.08 bits per heavy atom. The molecule has 2 aliphatic heterocycles. The Hall–Kier alpha value is -6.82. The number of esters is 4. The second-order valence-electron chi connectivity index (χ2n) is 10.5. The molecule has 2 aliphatic rings. The third-order valence-electron chi connectivity index (χ3n) is 7.69. The summed E-state index contributed by atoms with van der Waals surface area (Å²) in [5.74, 6) is -6.19. The molecule has 0 amide bonds. The highest BCUT2D eigenvalue weighted by Gasteiger charge is 2.38. The Bertz CT molecular complexity index is 2180. The molecule has 12 nitrogen and oxygen atoms in total. The number of benzene rings is 4. The molecule has 0 fully saturated rings. The lowest BCUT2D eigenvalue weighted by atomic mass is 9.93. The molecule has 12 heteroatoms. The molecule has 2 heterocycles. The number of rotatable bonds is 6. The summed E-state index contributed by atoms with van der Waals surface area (Å²) >= 11 is 0. The third kappa shape index (κ3) is 5.26. The highest BCUT2D eigenvalue weighted by Crippen LogP contribution is 2.41. The Balaban J connectivity index is 1.53. The molecule has 0 unspecified atom stereocenters. The minimum atomic E-state index is -0.983. The van der Waals surface area contributed by atoms with E-state index in [4.69, 9.17) is 18.9 Å². The summed E-state index contributed by atoms with van der Waals surface area (Å²) in [6, 6.07) is 20.2. The average Bonchev–Trinajstić information content (AvgIpc) is 3.54. The summed E-state index contributed by atoms with van der Waals surface area (Å²) in [6.07, 6.45) is 0. The van der Waals surface area contributed by atoms with Crippen molar-refractivity contribution in [3.8, 4) is 11.5 Å². The van der Waals surface area contributed by atoms with Crippen LogP contribution in [0.3, 0.4) is 0 Å². The molecule has 0 atom stereocenters. The minimum absolute atomic E-state index is 0.0828. The molecule has 240 valence electrons. The molecule has 0 aromatic heterocycles. The first-order chi connectivity index (χ1) is 23.0. The van der Waals surface area contributed by atoms with Gasteiger partial charge in [-0.05, 0) is 57.8 Å². The van der Waals surface area contributed by atoms with Crippen molar-refractivity contribution in [2.45, 2.75) is 0 Å². The summed E-state index contributed by atoms with van der Waals surface area (Å²) < 4.78 is 20.5. The number of hydrogen-bond acceptors (Lipinski definition) is 12. The topological polar surface area (TPSA) is 186 Å². The molecule has 4 N–H and O–H groups in total. The van der Waals surface area contributed by atoms with Crippen molar-refractivity contribution in [3.05, 3.63) is 130 Å². The fraction of sp³-hybridized carbons (Fsp3) is 0.0556. The summed E-state index contributed by atoms with van der Waals surface area (Å²) in [5, 5.41) is 42.9. The van der Waals surface area contributed by atoms with Crippen LogP contribution in [0.25, 0.3) is 33.1 Å². The van der Waals surface area contributed by atoms with Crippen LogP contribution in [-0.4, -0.2) is 58.5 Å². The van der Waals surface area contributed by atoms with Gasteiger partial charge in [-0.25, -0.2) is 19.2 Å². The van der Waals surface area contributed by atoms with Gasteiger partial charge in [0.25, 0.3) is 0 Å². The highest BCUT2D eigenvalue weighted by atomic mass is 16.6. The number of carbonyl (C=O) groups is 4. The van der Waals surface area contributed by atoms with Gasteiger partial charge in [-0.3, -0.25) is 0 Å². The molecule has 0 bridgehead atoms. The molecule has 6 rings (SSSR count). The lowest BCUT2D eigenvalue weighted by molar-refractivity contribution is -0.135. The van der Waals surface area contributed by atoms with Crippen molar-refractivity contribution in [3.63, 3.8) is 0 Å². The maximum atomic E-state index is 13.3. The fourth-order valence-corrected chi connectivity index (χ4v) is 5.43. The number of cyclic esters (lactones) is 2. The maximum absolute atomic E-state index is 13.3. The van der Waals surface area contributed by atoms with Crippen LogP contribution in [0.1, 0.15) is 22.3 Å². The van der Waals surface area contributed by atoms with E-state index in [0.29, 0.717) is 10.8 Å². The van der Waals surface area contributed by atoms with E-state index in [1.807, 2.05) is 0 Å². The fourth-order valence-electron chi connectivity index (χ4n) is 5.43. The van der Waals surface area contributed by atoms with E-state index in [1.54, 1.807) is 18.2 Å². The number of methoxy groups -OCH3 is 2. The lowest BCUT2D eigenvalue weighted by Crippen LogP contribution is -2.09. The third-order valence-corrected chi connectivity index (χ3v) is 7.69. The van der Waals surface area contributed by atoms with Gasteiger partial charge >= 0.3 is 23.9 Å². The van der Waals surface area contributed by atoms with Crippen molar-refractivity contribution < 1.29 is 58.6 Å². The molecule has 0 radical (unpaired) electrons. The molecule has 0 aliphatic carbocycles. The molecule has 0 saturated carbocycles. The summed E-state index contributed by atoms with van der Waals surface area (Å²) in [6.45, 7) is 0. The number of fused-ring (bicyclic) bond motifs is 1. The van der Waals surface area contributed by atoms with Crippen molar-refractivity contribution in [1.82, 2.24) is 0 Å². The Morgan fingerprint density at radius 1 is 0.604 bits per heavy atom. The van der Waals surface area contributed by atoms with E-state index < -0.39 is 46.9 Å². The number of carbonyl (C=O) groups excluding carboxylic acids is 4. The number of aliphatic hydroxyl groups excluding tert-OH is 2. The van der Waals surface area contributed by atoms with Crippen LogP contribution in [0.4, 0.5) is 0 Å². The minimum Gasteiger partial charge on any atom is -0.508 e. The van der Waals surface area contributed by atoms with Crippen LogP contribution in [-0.2, 0) is 38.1 Å². The van der Waals surface area contributed by atoms with Crippen LogP contribution in [0, 0.1) is 0 Å². The van der Waals surface area contributed by atoms with Gasteiger partial charge in [0.1, 0.15) is 33.8 Å². The second-order valence-corrected chi connectivity index (χ2v) is 10.5. The largest absolute Gasteiger partial charge is 0.508 e. The normalized spacial score (nSPS) is 16.5. The van der Waals surface area contributed by atoms with Crippen LogP contribution >= 0.6 is 0 Å². The van der Waals surface area contributed by atoms with Gasteiger partial charge in [-0.2, -0.15) is 0 Å². The first kappa shape index (κ1) is 31.2. The maximum Gasteiger partial charge on any atom is 0.348 e. The summed E-state index contributed by atoms with van der Waals surface area (Å²) in [5.41, 5.74) is -0.417. The van der Waals surface area contributed by atoms with Gasteiger partial charge in [0, 0.05) is 5.56 Å². The number of aliphatic hydroxyl groups is 2. The van der Waals surface area contributed by atoms with E-state index in [-0.39, 0.29) is 56.0 Å². The number of aromatic hydroxyl groups is 2. The van der Waals surface area contributed by atoms with E-state index in [1.165, 1.54) is 66.7 Å². The lowest BCUT2D eigenvalue weighted by Gasteiger charge is -2.09. The van der Waals surface area contributed by atoms with Gasteiger partial charge in [0.15, 0.2) is 23.0 Å². The van der Waals surface area contributed by atoms with Crippen LogP contribution in [0.15, 0.2) is 108 Å². The summed E-state index contributed by atoms with van der Waals surface area (Å²) in [4.78, 5) is 52.1. The molecule has 48 heavy (non-hydrogen) atoms. The second kappa shape index (κ2) is 12.2. The zero-order chi connectivity index (χ0) is 34.3. The van der Waals surface area contributed by atoms with Crippen LogP contribution < -0.4 is 0 Å². The van der Waals surface area contributed by atoms with Gasteiger partial charge in [-0.15, -0.1) is 0 Å². The van der Waals surface area contributed by atoms with Crippen molar-refractivity contribution in [2.24, 2.45) is 0 Å². The molecule has 4 aromatic carbocycles. The molecule has 0 saturated heterocycles. The van der Waals surface area contributed by atoms with Crippen LogP contribution in [0.5, 0.6) is 11.5 Å². The number of phenolic OH excluding ortho intramolecular Hbond substituents is 2. The van der Waals surface area contributed by atoms with Crippen molar-refractivity contribution in [2.75, 3.05) is 14.2 Å². The first-order valence-electron chi connectivity index (χ1n) is 14.1. The van der Waals surface area contributed by atoms with Crippen molar-refractivity contribution >= 4 is 56.9 Å². The predicted molar refractivity (Wildman–Crippen MR) is 169 cm³/mol. The van der Waals surface area contributed by atoms with Gasteiger partial charge in [-0.1, -0.05) is 54.6 Å². The van der Waals surface area contributed by atoms with E-state index in [0.717, 1.165) is 14.2 Å². The zero-order valence-corrected chi connectivity index (χ0v) is 25.1. The average molecular weight is 649 g/mol. The smallest absolute Gasteiger partial charge is 0.348 e. The Labute approximate surface area is 271 Å². The molecular weight excluding hydrogens is 624 g/mol. The van der Waals surface area contributed by atoms with Gasteiger partial charge < -0.3 is 39.4 Å². The van der Waals surface area contributed by atoms with Crippen molar-refractivity contribution in [1.29, 1.82) is 0 Å². The van der Waals surface area contributed by atoms with E-state index in [2.05, 4.69) is 0 Å². The van der Waals surface area contributed by atoms with E-state index in [9.17, 15) is 39.6 Å². The quantitative estimate of drug-likeness (QED) is 0.124. The monoisotopic (exact) mass is 648 g/mol. The Kier molecular flexibility index (Phi) is 7.91.